The van der Waals surface area contributed by atoms with Gasteiger partial charge in [0.05, 0.1) is 13.2 Å². The van der Waals surface area contributed by atoms with Gasteiger partial charge in [0.25, 0.3) is 0 Å². The van der Waals surface area contributed by atoms with E-state index in [4.69, 9.17) is 9.47 Å². The summed E-state index contributed by atoms with van der Waals surface area (Å²) in [7, 11) is 0. The van der Waals surface area contributed by atoms with Crippen LogP contribution < -0.4 is 0 Å². The van der Waals surface area contributed by atoms with Crippen LogP contribution in [0.4, 0.5) is 0 Å². The molecule has 10 rings (SSSR count). The number of benzene rings is 6. The van der Waals surface area contributed by atoms with Crippen molar-refractivity contribution >= 4 is 55.0 Å². The molecule has 0 saturated carbocycles. The van der Waals surface area contributed by atoms with Gasteiger partial charge >= 0.3 is 11.9 Å². The number of nitrogens with one attached hydrogen (secondary N) is 2. The molecule has 0 atom stereocenters. The molecule has 0 saturated heterocycles. The van der Waals surface area contributed by atoms with Crippen LogP contribution in [0.3, 0.4) is 0 Å². The first-order valence-electron chi connectivity index (χ1n) is 16.8. The van der Waals surface area contributed by atoms with Crippen molar-refractivity contribution < 1.29 is 19.1 Å². The van der Waals surface area contributed by atoms with E-state index in [1.165, 1.54) is 33.0 Å². The zero-order valence-electron chi connectivity index (χ0n) is 27.0. The highest BCUT2D eigenvalue weighted by molar-refractivity contribution is 6.28. The van der Waals surface area contributed by atoms with Crippen LogP contribution in [0.2, 0.25) is 0 Å². The number of aromatic amines is 2. The van der Waals surface area contributed by atoms with E-state index in [-0.39, 0.29) is 25.2 Å². The number of hydrogen-bond donors (Lipinski definition) is 2. The Morgan fingerprint density at radius 2 is 0.857 bits per heavy atom. The van der Waals surface area contributed by atoms with Crippen LogP contribution in [-0.4, -0.2) is 35.1 Å². The van der Waals surface area contributed by atoms with E-state index in [9.17, 15) is 9.59 Å². The van der Waals surface area contributed by atoms with Gasteiger partial charge < -0.3 is 19.4 Å². The summed E-state index contributed by atoms with van der Waals surface area (Å²) in [5, 5.41) is 8.13. The smallest absolute Gasteiger partial charge is 0.355 e. The molecule has 6 aromatic carbocycles. The van der Waals surface area contributed by atoms with Gasteiger partial charge in [0, 0.05) is 39.4 Å². The SMILES string of the molecule is CCOC(=O)c1[nH]c(Cc2[nH]c(C(=O)OCC)c3cc4c5c(cccc5c23)-c2ccccc2-4)c2c1cc1c3c(cccc32)-c2ccccc2-1. The molecule has 2 heterocycles. The summed E-state index contributed by atoms with van der Waals surface area (Å²) in [6.45, 7) is 4.18. The quantitative estimate of drug-likeness (QED) is 0.178. The molecular formula is C43H30N2O4. The summed E-state index contributed by atoms with van der Waals surface area (Å²) in [4.78, 5) is 34.1. The summed E-state index contributed by atoms with van der Waals surface area (Å²) in [6.07, 6.45) is 0.420. The van der Waals surface area contributed by atoms with Gasteiger partial charge in [-0.1, -0.05) is 84.9 Å². The first-order valence-corrected chi connectivity index (χ1v) is 16.8. The van der Waals surface area contributed by atoms with Crippen molar-refractivity contribution in [3.63, 3.8) is 0 Å². The van der Waals surface area contributed by atoms with Crippen LogP contribution >= 0.6 is 0 Å². The van der Waals surface area contributed by atoms with E-state index in [0.717, 1.165) is 66.0 Å². The molecule has 49 heavy (non-hydrogen) atoms. The molecule has 6 nitrogen and oxygen atoms in total. The fraction of sp³-hybridized carbons (Fsp3) is 0.116. The maximum absolute atomic E-state index is 13.5. The molecule has 0 unspecified atom stereocenters. The average Bonchev–Trinajstić information content (AvgIpc) is 3.87. The zero-order valence-corrected chi connectivity index (χ0v) is 27.0. The second-order valence-corrected chi connectivity index (χ2v) is 12.8. The van der Waals surface area contributed by atoms with Crippen LogP contribution in [-0.2, 0) is 15.9 Å². The number of aromatic nitrogens is 2. The van der Waals surface area contributed by atoms with Crippen LogP contribution in [0.5, 0.6) is 0 Å². The summed E-state index contributed by atoms with van der Waals surface area (Å²) in [5.41, 5.74) is 11.9. The lowest BCUT2D eigenvalue weighted by atomic mass is 9.94. The molecule has 0 radical (unpaired) electrons. The van der Waals surface area contributed by atoms with Gasteiger partial charge in [0.2, 0.25) is 0 Å². The summed E-state index contributed by atoms with van der Waals surface area (Å²) < 4.78 is 11.2. The molecule has 2 aliphatic rings. The van der Waals surface area contributed by atoms with Gasteiger partial charge in [-0.2, -0.15) is 0 Å². The summed E-state index contributed by atoms with van der Waals surface area (Å²) in [5.74, 6) is -0.778. The first-order chi connectivity index (χ1) is 24.1. The molecule has 0 amide bonds. The van der Waals surface area contributed by atoms with Gasteiger partial charge in [-0.05, 0) is 92.0 Å². The third-order valence-electron chi connectivity index (χ3n) is 10.3. The lowest BCUT2D eigenvalue weighted by Gasteiger charge is -2.09. The minimum atomic E-state index is -0.389. The maximum Gasteiger partial charge on any atom is 0.355 e. The lowest BCUT2D eigenvalue weighted by Crippen LogP contribution is -2.06. The molecule has 2 N–H and O–H groups in total. The summed E-state index contributed by atoms with van der Waals surface area (Å²) in [6, 6.07) is 34.0. The van der Waals surface area contributed by atoms with Crippen LogP contribution in [0.15, 0.2) is 97.1 Å². The predicted octanol–water partition coefficient (Wildman–Crippen LogP) is 10.2. The topological polar surface area (TPSA) is 84.2 Å². The molecular weight excluding hydrogens is 608 g/mol. The number of rotatable bonds is 6. The number of carbonyl (C=O) groups is 2. The molecule has 2 aliphatic carbocycles. The Labute approximate surface area is 281 Å². The Kier molecular flexibility index (Phi) is 5.80. The Balaban J connectivity index is 1.27. The monoisotopic (exact) mass is 638 g/mol. The van der Waals surface area contributed by atoms with Crippen molar-refractivity contribution in [2.24, 2.45) is 0 Å². The number of esters is 2. The van der Waals surface area contributed by atoms with Crippen molar-refractivity contribution in [1.29, 1.82) is 0 Å². The second-order valence-electron chi connectivity index (χ2n) is 12.8. The van der Waals surface area contributed by atoms with Gasteiger partial charge in [-0.15, -0.1) is 0 Å². The Hall–Kier alpha value is -6.14. The highest BCUT2D eigenvalue weighted by Crippen LogP contribution is 2.52. The molecule has 0 bridgehead atoms. The van der Waals surface area contributed by atoms with E-state index < -0.39 is 0 Å². The zero-order chi connectivity index (χ0) is 33.0. The number of ether oxygens (including phenoxy) is 2. The van der Waals surface area contributed by atoms with Crippen molar-refractivity contribution in [3.05, 3.63) is 120 Å². The highest BCUT2D eigenvalue weighted by atomic mass is 16.5. The second kappa shape index (κ2) is 10.2. The van der Waals surface area contributed by atoms with Gasteiger partial charge in [0.1, 0.15) is 11.4 Å². The highest BCUT2D eigenvalue weighted by Gasteiger charge is 2.30. The van der Waals surface area contributed by atoms with Crippen molar-refractivity contribution in [2.75, 3.05) is 13.2 Å². The molecule has 236 valence electrons. The van der Waals surface area contributed by atoms with Gasteiger partial charge in [-0.25, -0.2) is 9.59 Å². The van der Waals surface area contributed by atoms with E-state index in [0.29, 0.717) is 17.8 Å². The number of hydrogen-bond acceptors (Lipinski definition) is 4. The minimum Gasteiger partial charge on any atom is -0.461 e. The number of fused-ring (bicyclic) bond motifs is 10. The fourth-order valence-electron chi connectivity index (χ4n) is 8.53. The fourth-order valence-corrected chi connectivity index (χ4v) is 8.53. The van der Waals surface area contributed by atoms with Crippen molar-refractivity contribution in [1.82, 2.24) is 9.97 Å². The Bertz CT molecular complexity index is 2570. The summed E-state index contributed by atoms with van der Waals surface area (Å²) >= 11 is 0. The average molecular weight is 639 g/mol. The third-order valence-corrected chi connectivity index (χ3v) is 10.3. The molecule has 0 spiro atoms. The molecule has 8 aromatic rings. The van der Waals surface area contributed by atoms with Gasteiger partial charge in [0.15, 0.2) is 0 Å². The van der Waals surface area contributed by atoms with Gasteiger partial charge in [-0.3, -0.25) is 0 Å². The van der Waals surface area contributed by atoms with Crippen LogP contribution in [0.25, 0.3) is 87.6 Å². The number of carbonyl (C=O) groups excluding carboxylic acids is 2. The third kappa shape index (κ3) is 3.71. The molecule has 0 fully saturated rings. The molecule has 2 aromatic heterocycles. The maximum atomic E-state index is 13.5. The van der Waals surface area contributed by atoms with E-state index >= 15 is 0 Å². The van der Waals surface area contributed by atoms with E-state index in [2.05, 4.69) is 107 Å². The normalized spacial score (nSPS) is 12.3. The minimum absolute atomic E-state index is 0.269. The lowest BCUT2D eigenvalue weighted by molar-refractivity contribution is 0.0513. The number of H-pyrrole nitrogens is 2. The van der Waals surface area contributed by atoms with Crippen LogP contribution in [0.1, 0.15) is 46.2 Å². The van der Waals surface area contributed by atoms with Crippen LogP contribution in [0, 0.1) is 0 Å². The molecule has 6 heteroatoms. The standard InChI is InChI=1S/C43H30N2O4/c1-3-48-42(46)40-32-19-30-24-13-7-5-11-22(24)26-15-9-17-28(36(26)30)38(32)34(44-40)21-35-39-29-18-10-16-27-23-12-6-8-14-25(23)31(37(27)29)20-33(39)41(45-35)43(47)49-4-2/h5-20,44-45H,3-4,21H2,1-2H3. The van der Waals surface area contributed by atoms with Crippen molar-refractivity contribution in [2.45, 2.75) is 20.3 Å². The first kappa shape index (κ1) is 27.9. The van der Waals surface area contributed by atoms with E-state index in [1.807, 2.05) is 13.8 Å². The Morgan fingerprint density at radius 3 is 1.27 bits per heavy atom. The van der Waals surface area contributed by atoms with Crippen molar-refractivity contribution in [3.8, 4) is 44.5 Å². The van der Waals surface area contributed by atoms with E-state index in [1.54, 1.807) is 0 Å². The molecule has 0 aliphatic heterocycles. The largest absolute Gasteiger partial charge is 0.461 e. The predicted molar refractivity (Wildman–Crippen MR) is 195 cm³/mol. The Morgan fingerprint density at radius 1 is 0.469 bits per heavy atom.